The predicted molar refractivity (Wildman–Crippen MR) is 46.9 cm³/mol. The maximum atomic E-state index is 10.9. The molecule has 0 aromatic heterocycles. The molecule has 0 fully saturated rings. The average Bonchev–Trinajstić information content (AvgIpc) is 1.84. The van der Waals surface area contributed by atoms with Crippen LogP contribution in [-0.2, 0) is 4.74 Å². The van der Waals surface area contributed by atoms with E-state index in [1.807, 2.05) is 13.8 Å². The zero-order chi connectivity index (χ0) is 9.72. The summed E-state index contributed by atoms with van der Waals surface area (Å²) in [7, 11) is 3.18. The van der Waals surface area contributed by atoms with Crippen molar-refractivity contribution in [2.45, 2.75) is 20.0 Å². The van der Waals surface area contributed by atoms with Gasteiger partial charge in [0.2, 0.25) is 0 Å². The van der Waals surface area contributed by atoms with E-state index >= 15 is 0 Å². The second kappa shape index (κ2) is 4.58. The van der Waals surface area contributed by atoms with Crippen LogP contribution in [0.1, 0.15) is 13.8 Å². The molecule has 0 bridgehead atoms. The van der Waals surface area contributed by atoms with Gasteiger partial charge in [-0.1, -0.05) is 0 Å². The molecule has 0 saturated heterocycles. The third-order valence-electron chi connectivity index (χ3n) is 0.945. The summed E-state index contributed by atoms with van der Waals surface area (Å²) in [6, 6.07) is -0.517. The molecule has 0 aliphatic rings. The van der Waals surface area contributed by atoms with Crippen LogP contribution in [0.3, 0.4) is 0 Å². The zero-order valence-corrected chi connectivity index (χ0v) is 7.87. The Hall–Kier alpha value is -1.26. The molecule has 70 valence electrons. The highest BCUT2D eigenvalue weighted by Crippen LogP contribution is 1.89. The SMILES string of the molecule is CC(C)O/C(N)=N\C(=O)N(C)C. The summed E-state index contributed by atoms with van der Waals surface area (Å²) >= 11 is 0. The lowest BCUT2D eigenvalue weighted by molar-refractivity contribution is 0.213. The van der Waals surface area contributed by atoms with Crippen molar-refractivity contribution < 1.29 is 9.53 Å². The van der Waals surface area contributed by atoms with Crippen molar-refractivity contribution in [1.82, 2.24) is 4.90 Å². The molecule has 5 nitrogen and oxygen atoms in total. The second-order valence-corrected chi connectivity index (χ2v) is 2.79. The first-order valence-electron chi connectivity index (χ1n) is 3.65. The molecule has 0 aromatic carbocycles. The summed E-state index contributed by atoms with van der Waals surface area (Å²) < 4.78 is 4.95. The molecule has 0 aliphatic heterocycles. The summed E-state index contributed by atoms with van der Waals surface area (Å²) in [6.07, 6.45) is -0.0660. The van der Waals surface area contributed by atoms with Crippen LogP contribution in [-0.4, -0.2) is 37.2 Å². The van der Waals surface area contributed by atoms with Gasteiger partial charge in [0.05, 0.1) is 6.10 Å². The fourth-order valence-electron chi connectivity index (χ4n) is 0.462. The number of rotatable bonds is 1. The van der Waals surface area contributed by atoms with Crippen LogP contribution < -0.4 is 5.73 Å². The summed E-state index contributed by atoms with van der Waals surface area (Å²) in [6.45, 7) is 3.62. The number of amides is 2. The van der Waals surface area contributed by atoms with Crippen LogP contribution in [0.5, 0.6) is 0 Å². The van der Waals surface area contributed by atoms with Gasteiger partial charge in [0.1, 0.15) is 0 Å². The van der Waals surface area contributed by atoms with Gasteiger partial charge in [-0.25, -0.2) is 4.79 Å². The van der Waals surface area contributed by atoms with E-state index in [-0.39, 0.29) is 12.1 Å². The summed E-state index contributed by atoms with van der Waals surface area (Å²) in [5.41, 5.74) is 5.29. The molecule has 12 heavy (non-hydrogen) atoms. The smallest absolute Gasteiger partial charge is 0.347 e. The zero-order valence-electron chi connectivity index (χ0n) is 7.87. The molecule has 0 rings (SSSR count). The number of hydrogen-bond donors (Lipinski definition) is 1. The number of nitrogens with two attached hydrogens (primary N) is 1. The maximum Gasteiger partial charge on any atom is 0.347 e. The van der Waals surface area contributed by atoms with Gasteiger partial charge in [-0.2, -0.15) is 0 Å². The first-order valence-corrected chi connectivity index (χ1v) is 3.65. The monoisotopic (exact) mass is 173 g/mol. The molecule has 0 saturated carbocycles. The minimum absolute atomic E-state index is 0.0660. The maximum absolute atomic E-state index is 10.9. The predicted octanol–water partition coefficient (Wildman–Crippen LogP) is 0.408. The van der Waals surface area contributed by atoms with E-state index in [0.717, 1.165) is 0 Å². The molecular formula is C7H15N3O2. The number of ether oxygens (including phenoxy) is 1. The van der Waals surface area contributed by atoms with E-state index < -0.39 is 6.03 Å². The number of amidine groups is 1. The molecule has 0 atom stereocenters. The van der Waals surface area contributed by atoms with Crippen LogP contribution in [0.15, 0.2) is 4.99 Å². The van der Waals surface area contributed by atoms with Crippen LogP contribution in [0.25, 0.3) is 0 Å². The van der Waals surface area contributed by atoms with Gasteiger partial charge in [-0.3, -0.25) is 0 Å². The molecule has 2 amide bonds. The normalized spacial score (nSPS) is 11.6. The van der Waals surface area contributed by atoms with Crippen molar-refractivity contribution in [2.75, 3.05) is 14.1 Å². The molecule has 0 aromatic rings. The molecule has 0 aliphatic carbocycles. The summed E-state index contributed by atoms with van der Waals surface area (Å²) in [5.74, 6) is 0. The van der Waals surface area contributed by atoms with Gasteiger partial charge in [-0.15, -0.1) is 4.99 Å². The van der Waals surface area contributed by atoms with Gasteiger partial charge >= 0.3 is 6.03 Å². The fourth-order valence-corrected chi connectivity index (χ4v) is 0.462. The number of urea groups is 1. The number of nitrogens with zero attached hydrogens (tertiary/aromatic N) is 2. The molecule has 2 N–H and O–H groups in total. The van der Waals surface area contributed by atoms with Crippen molar-refractivity contribution in [3.8, 4) is 0 Å². The van der Waals surface area contributed by atoms with E-state index in [0.29, 0.717) is 0 Å². The molecule has 5 heteroatoms. The third kappa shape index (κ3) is 4.54. The summed E-state index contributed by atoms with van der Waals surface area (Å²) in [5, 5.41) is 0. The molecule has 0 unspecified atom stereocenters. The van der Waals surface area contributed by atoms with Gasteiger partial charge in [0.15, 0.2) is 0 Å². The molecule has 0 radical (unpaired) electrons. The Kier molecular flexibility index (Phi) is 4.10. The van der Waals surface area contributed by atoms with E-state index in [1.54, 1.807) is 14.1 Å². The van der Waals surface area contributed by atoms with Gasteiger partial charge in [0.25, 0.3) is 6.02 Å². The lowest BCUT2D eigenvalue weighted by Crippen LogP contribution is -2.26. The van der Waals surface area contributed by atoms with E-state index in [1.165, 1.54) is 4.90 Å². The van der Waals surface area contributed by atoms with Crippen molar-refractivity contribution in [1.29, 1.82) is 0 Å². The van der Waals surface area contributed by atoms with Crippen molar-refractivity contribution >= 4 is 12.1 Å². The Bertz CT molecular complexity index is 187. The molecule has 0 spiro atoms. The second-order valence-electron chi connectivity index (χ2n) is 2.79. The van der Waals surface area contributed by atoms with Crippen LogP contribution in [0.2, 0.25) is 0 Å². The quantitative estimate of drug-likeness (QED) is 0.461. The van der Waals surface area contributed by atoms with Gasteiger partial charge < -0.3 is 15.4 Å². The Morgan fingerprint density at radius 1 is 1.50 bits per heavy atom. The number of hydrogen-bond acceptors (Lipinski definition) is 2. The highest BCUT2D eigenvalue weighted by atomic mass is 16.5. The molecule has 0 heterocycles. The van der Waals surface area contributed by atoms with Crippen LogP contribution in [0, 0.1) is 0 Å². The number of aliphatic imine (C=N–C) groups is 1. The Balaban J connectivity index is 4.07. The fraction of sp³-hybridized carbons (Fsp3) is 0.714. The third-order valence-corrected chi connectivity index (χ3v) is 0.945. The first kappa shape index (κ1) is 10.7. The number of carbonyl (C=O) groups excluding carboxylic acids is 1. The van der Waals surface area contributed by atoms with Crippen molar-refractivity contribution in [3.63, 3.8) is 0 Å². The van der Waals surface area contributed by atoms with E-state index in [4.69, 9.17) is 10.5 Å². The lowest BCUT2D eigenvalue weighted by atomic mass is 10.5. The van der Waals surface area contributed by atoms with Crippen LogP contribution >= 0.6 is 0 Å². The van der Waals surface area contributed by atoms with Crippen LogP contribution in [0.4, 0.5) is 4.79 Å². The average molecular weight is 173 g/mol. The highest BCUT2D eigenvalue weighted by molar-refractivity contribution is 5.88. The van der Waals surface area contributed by atoms with Crippen molar-refractivity contribution in [2.24, 2.45) is 10.7 Å². The highest BCUT2D eigenvalue weighted by Gasteiger charge is 2.04. The Morgan fingerprint density at radius 3 is 2.33 bits per heavy atom. The summed E-state index contributed by atoms with van der Waals surface area (Å²) in [4.78, 5) is 15.7. The minimum Gasteiger partial charge on any atom is -0.462 e. The van der Waals surface area contributed by atoms with Crippen molar-refractivity contribution in [3.05, 3.63) is 0 Å². The minimum atomic E-state index is -0.423. The van der Waals surface area contributed by atoms with E-state index in [9.17, 15) is 4.79 Å². The Labute approximate surface area is 72.2 Å². The molecular weight excluding hydrogens is 158 g/mol. The largest absolute Gasteiger partial charge is 0.462 e. The Morgan fingerprint density at radius 2 is 2.00 bits per heavy atom. The first-order chi connectivity index (χ1) is 5.43. The number of carbonyl (C=O) groups is 1. The van der Waals surface area contributed by atoms with Gasteiger partial charge in [-0.05, 0) is 13.8 Å². The van der Waals surface area contributed by atoms with E-state index in [2.05, 4.69) is 4.99 Å². The lowest BCUT2D eigenvalue weighted by Gasteiger charge is -2.09. The topological polar surface area (TPSA) is 67.9 Å². The standard InChI is InChI=1S/C7H15N3O2/c1-5(2)12-6(8)9-7(11)10(3)4/h5H,1-4H3,(H2,8,9,11). The van der Waals surface area contributed by atoms with Gasteiger partial charge in [0, 0.05) is 14.1 Å².